The van der Waals surface area contributed by atoms with Crippen LogP contribution in [0, 0.1) is 18.7 Å². The van der Waals surface area contributed by atoms with Gasteiger partial charge in [-0.1, -0.05) is 30.3 Å². The van der Waals surface area contributed by atoms with E-state index < -0.39 is 6.10 Å². The van der Waals surface area contributed by atoms with Gasteiger partial charge in [0.05, 0.1) is 11.6 Å². The summed E-state index contributed by atoms with van der Waals surface area (Å²) in [4.78, 5) is 6.92. The van der Waals surface area contributed by atoms with E-state index in [0.29, 0.717) is 0 Å². The Balaban J connectivity index is 1.50. The van der Waals surface area contributed by atoms with E-state index >= 15 is 0 Å². The second-order valence-corrected chi connectivity index (χ2v) is 7.12. The van der Waals surface area contributed by atoms with Gasteiger partial charge in [-0.15, -0.1) is 0 Å². The van der Waals surface area contributed by atoms with Crippen LogP contribution in [0.15, 0.2) is 54.7 Å². The van der Waals surface area contributed by atoms with Crippen molar-refractivity contribution >= 4 is 16.6 Å². The molecule has 0 bridgehead atoms. The zero-order valence-electron chi connectivity index (χ0n) is 14.9. The van der Waals surface area contributed by atoms with Crippen LogP contribution in [0.4, 0.5) is 10.1 Å². The first-order valence-electron chi connectivity index (χ1n) is 9.16. The Morgan fingerprint density at radius 2 is 1.81 bits per heavy atom. The van der Waals surface area contributed by atoms with Crippen LogP contribution >= 0.6 is 0 Å². The van der Waals surface area contributed by atoms with E-state index in [4.69, 9.17) is 0 Å². The SMILES string of the molecule is Cc1cccc2c(N3CCC(C(O)c4ccc(F)cc4)CC3)ccnc12. The minimum absolute atomic E-state index is 0.201. The predicted molar refractivity (Wildman–Crippen MR) is 103 cm³/mol. The number of hydrogen-bond donors (Lipinski definition) is 1. The third kappa shape index (κ3) is 3.17. The summed E-state index contributed by atoms with van der Waals surface area (Å²) in [5.74, 6) is -0.0674. The summed E-state index contributed by atoms with van der Waals surface area (Å²) in [7, 11) is 0. The molecule has 4 rings (SSSR count). The predicted octanol–water partition coefficient (Wildman–Crippen LogP) is 4.63. The summed E-state index contributed by atoms with van der Waals surface area (Å²) >= 11 is 0. The van der Waals surface area contributed by atoms with Crippen LogP contribution in [0.25, 0.3) is 10.9 Å². The molecule has 1 unspecified atom stereocenters. The van der Waals surface area contributed by atoms with Gasteiger partial charge in [0.2, 0.25) is 0 Å². The Hall–Kier alpha value is -2.46. The first-order chi connectivity index (χ1) is 12.6. The van der Waals surface area contributed by atoms with Gasteiger partial charge in [-0.05, 0) is 55.0 Å². The molecule has 1 atom stereocenters. The molecule has 1 saturated heterocycles. The van der Waals surface area contributed by atoms with Gasteiger partial charge in [0.25, 0.3) is 0 Å². The minimum Gasteiger partial charge on any atom is -0.388 e. The van der Waals surface area contributed by atoms with Crippen LogP contribution in [-0.4, -0.2) is 23.2 Å². The number of aromatic nitrogens is 1. The number of nitrogens with zero attached hydrogens (tertiary/aromatic N) is 2. The van der Waals surface area contributed by atoms with E-state index in [1.54, 1.807) is 12.1 Å². The highest BCUT2D eigenvalue weighted by molar-refractivity contribution is 5.93. The number of anilines is 1. The molecule has 1 N–H and O–H groups in total. The fraction of sp³-hybridized carbons (Fsp3) is 0.318. The second-order valence-electron chi connectivity index (χ2n) is 7.12. The lowest BCUT2D eigenvalue weighted by Gasteiger charge is -2.36. The molecular weight excluding hydrogens is 327 g/mol. The third-order valence-corrected chi connectivity index (χ3v) is 5.49. The van der Waals surface area contributed by atoms with Crippen LogP contribution in [0.2, 0.25) is 0 Å². The number of aliphatic hydroxyl groups excluding tert-OH is 1. The smallest absolute Gasteiger partial charge is 0.123 e. The largest absolute Gasteiger partial charge is 0.388 e. The summed E-state index contributed by atoms with van der Waals surface area (Å²) in [6.45, 7) is 3.89. The lowest BCUT2D eigenvalue weighted by atomic mass is 9.87. The second kappa shape index (κ2) is 7.04. The zero-order chi connectivity index (χ0) is 18.1. The van der Waals surface area contributed by atoms with Crippen LogP contribution < -0.4 is 4.90 Å². The normalized spacial score (nSPS) is 16.8. The average Bonchev–Trinajstić information content (AvgIpc) is 2.68. The van der Waals surface area contributed by atoms with Gasteiger partial charge < -0.3 is 10.0 Å². The van der Waals surface area contributed by atoms with E-state index in [1.807, 2.05) is 6.20 Å². The van der Waals surface area contributed by atoms with E-state index in [1.165, 1.54) is 28.8 Å². The molecule has 26 heavy (non-hydrogen) atoms. The molecular formula is C22H23FN2O. The molecule has 0 aliphatic carbocycles. The minimum atomic E-state index is -0.533. The van der Waals surface area contributed by atoms with Gasteiger partial charge in [-0.25, -0.2) is 4.39 Å². The fourth-order valence-electron chi connectivity index (χ4n) is 3.97. The van der Waals surface area contributed by atoms with Crippen molar-refractivity contribution in [2.45, 2.75) is 25.9 Å². The first-order valence-corrected chi connectivity index (χ1v) is 9.16. The van der Waals surface area contributed by atoms with Crippen molar-refractivity contribution in [2.75, 3.05) is 18.0 Å². The molecule has 4 heteroatoms. The van der Waals surface area contributed by atoms with Crippen LogP contribution in [0.3, 0.4) is 0 Å². The molecule has 0 spiro atoms. The van der Waals surface area contributed by atoms with Crippen LogP contribution in [0.1, 0.15) is 30.1 Å². The van der Waals surface area contributed by atoms with Crippen LogP contribution in [-0.2, 0) is 0 Å². The Kier molecular flexibility index (Phi) is 4.60. The van der Waals surface area contributed by atoms with E-state index in [2.05, 4.69) is 41.1 Å². The standard InChI is InChI=1S/C22H23FN2O/c1-15-3-2-4-19-20(9-12-24-21(15)19)25-13-10-17(11-14-25)22(26)16-5-7-18(23)8-6-16/h2-9,12,17,22,26H,10-11,13-14H2,1H3. The van der Waals surface area contributed by atoms with Crippen molar-refractivity contribution in [1.29, 1.82) is 0 Å². The molecule has 1 fully saturated rings. The van der Waals surface area contributed by atoms with Crippen molar-refractivity contribution in [3.8, 4) is 0 Å². The van der Waals surface area contributed by atoms with E-state index in [-0.39, 0.29) is 11.7 Å². The highest BCUT2D eigenvalue weighted by atomic mass is 19.1. The highest BCUT2D eigenvalue weighted by Gasteiger charge is 2.27. The Bertz CT molecular complexity index is 902. The molecule has 0 radical (unpaired) electrons. The average molecular weight is 350 g/mol. The van der Waals surface area contributed by atoms with Gasteiger partial charge in [0.15, 0.2) is 0 Å². The monoisotopic (exact) mass is 350 g/mol. The molecule has 134 valence electrons. The van der Waals surface area contributed by atoms with Gasteiger partial charge in [-0.2, -0.15) is 0 Å². The number of fused-ring (bicyclic) bond motifs is 1. The molecule has 2 aromatic carbocycles. The topological polar surface area (TPSA) is 36.4 Å². The Labute approximate surface area is 153 Å². The number of para-hydroxylation sites is 1. The molecule has 1 aliphatic rings. The molecule has 0 amide bonds. The number of halogens is 1. The molecule has 2 heterocycles. The first kappa shape index (κ1) is 17.0. The Morgan fingerprint density at radius 1 is 1.08 bits per heavy atom. The van der Waals surface area contributed by atoms with Crippen molar-refractivity contribution in [3.05, 3.63) is 71.7 Å². The summed E-state index contributed by atoms with van der Waals surface area (Å²) in [6, 6.07) is 14.6. The van der Waals surface area contributed by atoms with Gasteiger partial charge in [0.1, 0.15) is 5.82 Å². The van der Waals surface area contributed by atoms with Crippen molar-refractivity contribution in [3.63, 3.8) is 0 Å². The lowest BCUT2D eigenvalue weighted by Crippen LogP contribution is -2.35. The molecule has 3 nitrogen and oxygen atoms in total. The van der Waals surface area contributed by atoms with Crippen molar-refractivity contribution in [1.82, 2.24) is 4.98 Å². The lowest BCUT2D eigenvalue weighted by molar-refractivity contribution is 0.0929. The number of aliphatic hydroxyl groups is 1. The summed E-state index contributed by atoms with van der Waals surface area (Å²) in [5.41, 5.74) is 4.26. The molecule has 0 saturated carbocycles. The number of aryl methyl sites for hydroxylation is 1. The number of rotatable bonds is 3. The van der Waals surface area contributed by atoms with E-state index in [0.717, 1.165) is 37.0 Å². The molecule has 1 aliphatic heterocycles. The molecule has 3 aromatic rings. The zero-order valence-corrected chi connectivity index (χ0v) is 14.9. The molecule has 1 aromatic heterocycles. The van der Waals surface area contributed by atoms with Crippen molar-refractivity contribution in [2.24, 2.45) is 5.92 Å². The van der Waals surface area contributed by atoms with Gasteiger partial charge in [-0.3, -0.25) is 4.98 Å². The highest BCUT2D eigenvalue weighted by Crippen LogP contribution is 2.34. The fourth-order valence-corrected chi connectivity index (χ4v) is 3.97. The number of hydrogen-bond acceptors (Lipinski definition) is 3. The maximum Gasteiger partial charge on any atom is 0.123 e. The quantitative estimate of drug-likeness (QED) is 0.748. The summed E-state index contributed by atoms with van der Waals surface area (Å²) in [6.07, 6.45) is 3.17. The van der Waals surface area contributed by atoms with Crippen molar-refractivity contribution < 1.29 is 9.50 Å². The van der Waals surface area contributed by atoms with Gasteiger partial charge >= 0.3 is 0 Å². The maximum atomic E-state index is 13.1. The van der Waals surface area contributed by atoms with E-state index in [9.17, 15) is 9.50 Å². The Morgan fingerprint density at radius 3 is 2.54 bits per heavy atom. The summed E-state index contributed by atoms with van der Waals surface area (Å²) in [5, 5.41) is 11.8. The third-order valence-electron chi connectivity index (χ3n) is 5.49. The van der Waals surface area contributed by atoms with Gasteiger partial charge in [0, 0.05) is 30.4 Å². The maximum absolute atomic E-state index is 13.1. The number of pyridine rings is 1. The van der Waals surface area contributed by atoms with Crippen LogP contribution in [0.5, 0.6) is 0 Å². The summed E-state index contributed by atoms with van der Waals surface area (Å²) < 4.78 is 13.1. The number of piperidine rings is 1. The number of benzene rings is 2.